The summed E-state index contributed by atoms with van der Waals surface area (Å²) < 4.78 is 46.0. The summed E-state index contributed by atoms with van der Waals surface area (Å²) in [6, 6.07) is 9.57. The van der Waals surface area contributed by atoms with E-state index in [0.29, 0.717) is 12.7 Å². The lowest BCUT2D eigenvalue weighted by Gasteiger charge is -2.14. The molecular weight excluding hydrogens is 504 g/mol. The minimum absolute atomic E-state index is 0.0106. The zero-order valence-electron chi connectivity index (χ0n) is 21.1. The number of hydrogen-bond donors (Lipinski definition) is 1. The summed E-state index contributed by atoms with van der Waals surface area (Å²) in [7, 11) is 1.48. The number of nitrogens with zero attached hydrogens (tertiary/aromatic N) is 5. The predicted molar refractivity (Wildman–Crippen MR) is 133 cm³/mol. The average Bonchev–Trinajstić information content (AvgIpc) is 3.22. The molecule has 0 aliphatic rings. The van der Waals surface area contributed by atoms with Crippen LogP contribution in [-0.2, 0) is 20.1 Å². The Labute approximate surface area is 215 Å². The van der Waals surface area contributed by atoms with Crippen LogP contribution in [0.25, 0.3) is 11.2 Å². The summed E-state index contributed by atoms with van der Waals surface area (Å²) in [5, 5.41) is 9.36. The van der Waals surface area contributed by atoms with Crippen molar-refractivity contribution in [2.24, 2.45) is 7.05 Å². The van der Waals surface area contributed by atoms with Gasteiger partial charge in [0.05, 0.1) is 19.7 Å². The number of imidazole rings is 1. The van der Waals surface area contributed by atoms with Crippen molar-refractivity contribution >= 4 is 11.2 Å². The third-order valence-electron chi connectivity index (χ3n) is 5.52. The maximum atomic E-state index is 13.2. The molecule has 202 valence electrons. The van der Waals surface area contributed by atoms with E-state index in [4.69, 9.17) is 9.47 Å². The first-order valence-corrected chi connectivity index (χ1v) is 11.7. The summed E-state index contributed by atoms with van der Waals surface area (Å²) in [6.45, 7) is 2.12. The molecule has 1 aromatic carbocycles. The number of aryl methyl sites for hydroxylation is 2. The van der Waals surface area contributed by atoms with Crippen LogP contribution in [0.5, 0.6) is 17.5 Å². The van der Waals surface area contributed by atoms with Crippen molar-refractivity contribution in [1.82, 2.24) is 23.7 Å². The molecule has 0 aliphatic carbocycles. The lowest BCUT2D eigenvalue weighted by atomic mass is 10.2. The minimum Gasteiger partial charge on any atom is -0.490 e. The molecule has 0 aliphatic heterocycles. The van der Waals surface area contributed by atoms with E-state index in [1.807, 2.05) is 19.1 Å². The summed E-state index contributed by atoms with van der Waals surface area (Å²) >= 11 is 0. The van der Waals surface area contributed by atoms with Gasteiger partial charge in [-0.25, -0.2) is 4.79 Å². The molecule has 3 aromatic heterocycles. The molecule has 4 aromatic rings. The van der Waals surface area contributed by atoms with Gasteiger partial charge in [-0.3, -0.25) is 23.5 Å². The van der Waals surface area contributed by atoms with Crippen molar-refractivity contribution in [3.05, 3.63) is 74.7 Å². The van der Waals surface area contributed by atoms with E-state index in [1.54, 1.807) is 12.3 Å². The Balaban J connectivity index is 1.61. The van der Waals surface area contributed by atoms with Gasteiger partial charge in [0.15, 0.2) is 11.2 Å². The number of aliphatic hydroxyl groups is 1. The van der Waals surface area contributed by atoms with Crippen LogP contribution in [0, 0.1) is 6.92 Å². The maximum absolute atomic E-state index is 13.2. The van der Waals surface area contributed by atoms with Crippen LogP contribution in [0.2, 0.25) is 0 Å². The van der Waals surface area contributed by atoms with Gasteiger partial charge in [0.1, 0.15) is 24.7 Å². The molecule has 0 bridgehead atoms. The first-order chi connectivity index (χ1) is 18.1. The zero-order chi connectivity index (χ0) is 27.4. The number of pyridine rings is 1. The molecule has 3 heterocycles. The molecule has 0 radical (unpaired) electrons. The van der Waals surface area contributed by atoms with Gasteiger partial charge in [0.25, 0.3) is 11.6 Å². The monoisotopic (exact) mass is 531 g/mol. The quantitative estimate of drug-likeness (QED) is 0.292. The Hall–Kier alpha value is -4.26. The van der Waals surface area contributed by atoms with Crippen LogP contribution in [0.15, 0.2) is 52.2 Å². The van der Waals surface area contributed by atoms with Crippen molar-refractivity contribution in [2.45, 2.75) is 33.0 Å². The Morgan fingerprint density at radius 1 is 1.05 bits per heavy atom. The molecular formula is C25H27F2N5O6. The van der Waals surface area contributed by atoms with Gasteiger partial charge in [-0.2, -0.15) is 13.8 Å². The maximum Gasteiger partial charge on any atom is 0.394 e. The fourth-order valence-corrected chi connectivity index (χ4v) is 3.81. The van der Waals surface area contributed by atoms with E-state index in [2.05, 4.69) is 14.7 Å². The fourth-order valence-electron chi connectivity index (χ4n) is 3.81. The Morgan fingerprint density at radius 2 is 1.79 bits per heavy atom. The molecule has 13 heteroatoms. The molecule has 4 rings (SSSR count). The van der Waals surface area contributed by atoms with Crippen LogP contribution >= 0.6 is 0 Å². The average molecular weight is 532 g/mol. The molecule has 0 spiro atoms. The number of aromatic nitrogens is 5. The van der Waals surface area contributed by atoms with E-state index in [1.165, 1.54) is 34.4 Å². The van der Waals surface area contributed by atoms with Gasteiger partial charge in [-0.05, 0) is 30.7 Å². The van der Waals surface area contributed by atoms with Crippen molar-refractivity contribution in [3.8, 4) is 17.5 Å². The topological polar surface area (TPSA) is 123 Å². The lowest BCUT2D eigenvalue weighted by Crippen LogP contribution is -2.40. The molecule has 0 saturated heterocycles. The van der Waals surface area contributed by atoms with Gasteiger partial charge in [0, 0.05) is 31.9 Å². The Kier molecular flexibility index (Phi) is 7.76. The van der Waals surface area contributed by atoms with Crippen molar-refractivity contribution in [2.75, 3.05) is 19.8 Å². The smallest absolute Gasteiger partial charge is 0.394 e. The first kappa shape index (κ1) is 26.8. The molecule has 0 fully saturated rings. The van der Waals surface area contributed by atoms with Crippen LogP contribution in [0.4, 0.5) is 8.78 Å². The highest BCUT2D eigenvalue weighted by molar-refractivity contribution is 5.72. The van der Waals surface area contributed by atoms with Gasteiger partial charge >= 0.3 is 11.8 Å². The van der Waals surface area contributed by atoms with Gasteiger partial charge in [-0.1, -0.05) is 12.1 Å². The van der Waals surface area contributed by atoms with Crippen LogP contribution < -0.4 is 25.5 Å². The summed E-state index contributed by atoms with van der Waals surface area (Å²) in [5.41, 5.74) is 0.608. The molecule has 38 heavy (non-hydrogen) atoms. The Morgan fingerprint density at radius 3 is 2.47 bits per heavy atom. The molecule has 11 nitrogen and oxygen atoms in total. The first-order valence-electron chi connectivity index (χ1n) is 11.7. The van der Waals surface area contributed by atoms with E-state index < -0.39 is 17.4 Å². The highest BCUT2D eigenvalue weighted by atomic mass is 19.3. The summed E-state index contributed by atoms with van der Waals surface area (Å²) in [4.78, 5) is 34.6. The molecule has 0 saturated carbocycles. The van der Waals surface area contributed by atoms with Gasteiger partial charge < -0.3 is 19.3 Å². The van der Waals surface area contributed by atoms with Crippen molar-refractivity contribution in [1.29, 1.82) is 0 Å². The zero-order valence-corrected chi connectivity index (χ0v) is 21.1. The largest absolute Gasteiger partial charge is 0.490 e. The number of benzene rings is 1. The molecule has 0 amide bonds. The van der Waals surface area contributed by atoms with Crippen LogP contribution in [0.3, 0.4) is 0 Å². The molecule has 0 atom stereocenters. The highest BCUT2D eigenvalue weighted by Gasteiger charge is 2.24. The lowest BCUT2D eigenvalue weighted by molar-refractivity contribution is -0.159. The normalized spacial score (nSPS) is 11.6. The number of fused-ring (bicyclic) bond motifs is 1. The number of aliphatic hydroxyl groups excluding tert-OH is 1. The van der Waals surface area contributed by atoms with E-state index in [0.717, 1.165) is 15.8 Å². The number of halogens is 2. The number of ether oxygens (including phenoxy) is 3. The second-order valence-electron chi connectivity index (χ2n) is 8.56. The number of hydrogen-bond acceptors (Lipinski definition) is 8. The van der Waals surface area contributed by atoms with Crippen molar-refractivity contribution in [3.63, 3.8) is 0 Å². The third kappa shape index (κ3) is 5.99. The van der Waals surface area contributed by atoms with Crippen LogP contribution in [-0.4, -0.2) is 54.7 Å². The highest BCUT2D eigenvalue weighted by Crippen LogP contribution is 2.25. The number of rotatable bonds is 11. The van der Waals surface area contributed by atoms with Crippen LogP contribution in [0.1, 0.15) is 18.2 Å². The second kappa shape index (κ2) is 11.0. The number of alkyl halides is 2. The summed E-state index contributed by atoms with van der Waals surface area (Å²) in [5.74, 6) is 0.244. The SMILES string of the molecule is Cc1ccc(Cn2c(OCCOc3cccc(OC(C)(F)F)c3)nc3c2c(=O)n(CCO)c(=O)n3C)cn1. The third-order valence-corrected chi connectivity index (χ3v) is 5.52. The second-order valence-corrected chi connectivity index (χ2v) is 8.56. The molecule has 1 N–H and O–H groups in total. The molecule has 0 unspecified atom stereocenters. The standard InChI is InChI=1S/C25H27F2N5O6/c1-16-7-8-17(14-28-16)15-32-20-21(30(3)24(35)31(9-10-33)22(20)34)29-23(32)37-12-11-36-18-5-4-6-19(13-18)38-25(2,26)27/h4-8,13-14,33H,9-12,15H2,1-3H3. The fraction of sp³-hybridized carbons (Fsp3) is 0.360. The van der Waals surface area contributed by atoms with Gasteiger partial charge in [-0.15, -0.1) is 0 Å². The van der Waals surface area contributed by atoms with E-state index in [9.17, 15) is 23.5 Å². The van der Waals surface area contributed by atoms with E-state index in [-0.39, 0.29) is 55.8 Å². The Bertz CT molecular complexity index is 1540. The van der Waals surface area contributed by atoms with E-state index >= 15 is 0 Å². The summed E-state index contributed by atoms with van der Waals surface area (Å²) in [6.07, 6.45) is -1.67. The minimum atomic E-state index is -3.33. The predicted octanol–water partition coefficient (Wildman–Crippen LogP) is 2.09. The van der Waals surface area contributed by atoms with Gasteiger partial charge in [0.2, 0.25) is 0 Å². The van der Waals surface area contributed by atoms with Crippen molar-refractivity contribution < 1.29 is 28.1 Å².